The second-order valence-corrected chi connectivity index (χ2v) is 4.27. The molecule has 11 heavy (non-hydrogen) atoms. The molecule has 0 amide bonds. The normalized spacial score (nSPS) is 13.6. The zero-order valence-electron chi connectivity index (χ0n) is 7.97. The standard InChI is InChI=1S/C8H18O3/c1-7(2,3)11-10-6-8(4,5)9/h9H,6H2,1-5H3. The highest BCUT2D eigenvalue weighted by atomic mass is 17.2. The van der Waals surface area contributed by atoms with Crippen LogP contribution < -0.4 is 0 Å². The summed E-state index contributed by atoms with van der Waals surface area (Å²) >= 11 is 0. The molecule has 0 rings (SSSR count). The molecule has 3 heteroatoms. The van der Waals surface area contributed by atoms with Gasteiger partial charge < -0.3 is 5.11 Å². The van der Waals surface area contributed by atoms with Crippen LogP contribution in [0.25, 0.3) is 0 Å². The highest BCUT2D eigenvalue weighted by molar-refractivity contribution is 4.62. The Morgan fingerprint density at radius 2 is 1.55 bits per heavy atom. The van der Waals surface area contributed by atoms with Crippen molar-refractivity contribution in [2.75, 3.05) is 6.61 Å². The summed E-state index contributed by atoms with van der Waals surface area (Å²) in [6.07, 6.45) is 0. The predicted molar refractivity (Wildman–Crippen MR) is 43.1 cm³/mol. The molecule has 1 N–H and O–H groups in total. The molecule has 68 valence electrons. The molecule has 0 atom stereocenters. The fourth-order valence-electron chi connectivity index (χ4n) is 0.350. The van der Waals surface area contributed by atoms with Crippen LogP contribution in [0.4, 0.5) is 0 Å². The molecule has 0 saturated carbocycles. The van der Waals surface area contributed by atoms with Crippen molar-refractivity contribution >= 4 is 0 Å². The second-order valence-electron chi connectivity index (χ2n) is 4.27. The third-order valence-electron chi connectivity index (χ3n) is 0.721. The van der Waals surface area contributed by atoms with Crippen molar-refractivity contribution in [1.29, 1.82) is 0 Å². The molecule has 3 nitrogen and oxygen atoms in total. The molecule has 0 heterocycles. The molecule has 0 aliphatic rings. The first kappa shape index (κ1) is 10.9. The number of hydrogen-bond acceptors (Lipinski definition) is 3. The van der Waals surface area contributed by atoms with Gasteiger partial charge in [0.1, 0.15) is 6.61 Å². The summed E-state index contributed by atoms with van der Waals surface area (Å²) in [6, 6.07) is 0. The molecule has 0 fully saturated rings. The van der Waals surface area contributed by atoms with Gasteiger partial charge in [0.15, 0.2) is 0 Å². The zero-order valence-corrected chi connectivity index (χ0v) is 7.97. The lowest BCUT2D eigenvalue weighted by molar-refractivity contribution is -0.362. The first-order chi connectivity index (χ1) is 4.71. The van der Waals surface area contributed by atoms with E-state index in [1.165, 1.54) is 0 Å². The van der Waals surface area contributed by atoms with Crippen LogP contribution in [0.15, 0.2) is 0 Å². The van der Waals surface area contributed by atoms with Gasteiger partial charge in [-0.25, -0.2) is 9.78 Å². The lowest BCUT2D eigenvalue weighted by atomic mass is 10.2. The van der Waals surface area contributed by atoms with E-state index < -0.39 is 5.60 Å². The Bertz CT molecular complexity index is 93.5. The second kappa shape index (κ2) is 3.52. The van der Waals surface area contributed by atoms with E-state index >= 15 is 0 Å². The summed E-state index contributed by atoms with van der Waals surface area (Å²) in [5.74, 6) is 0. The molecular weight excluding hydrogens is 144 g/mol. The molecule has 0 unspecified atom stereocenters. The van der Waals surface area contributed by atoms with E-state index in [1.54, 1.807) is 13.8 Å². The Morgan fingerprint density at radius 3 is 1.82 bits per heavy atom. The topological polar surface area (TPSA) is 38.7 Å². The van der Waals surface area contributed by atoms with E-state index in [4.69, 9.17) is 9.78 Å². The van der Waals surface area contributed by atoms with Crippen LogP contribution in [0.5, 0.6) is 0 Å². The van der Waals surface area contributed by atoms with Gasteiger partial charge in [-0.1, -0.05) is 0 Å². The van der Waals surface area contributed by atoms with Crippen molar-refractivity contribution in [3.05, 3.63) is 0 Å². The van der Waals surface area contributed by atoms with Gasteiger partial charge in [0.25, 0.3) is 0 Å². The maximum atomic E-state index is 9.21. The zero-order chi connectivity index (χ0) is 9.12. The molecule has 0 aromatic heterocycles. The first-order valence-electron chi connectivity index (χ1n) is 3.74. The molecule has 0 aromatic rings. The van der Waals surface area contributed by atoms with E-state index in [9.17, 15) is 5.11 Å². The average molecular weight is 162 g/mol. The van der Waals surface area contributed by atoms with E-state index in [0.29, 0.717) is 0 Å². The van der Waals surface area contributed by atoms with Crippen LogP contribution in [0.1, 0.15) is 34.6 Å². The number of hydrogen-bond donors (Lipinski definition) is 1. The third kappa shape index (κ3) is 9.88. The van der Waals surface area contributed by atoms with Crippen LogP contribution in [0.2, 0.25) is 0 Å². The van der Waals surface area contributed by atoms with Crippen LogP contribution in [0.3, 0.4) is 0 Å². The van der Waals surface area contributed by atoms with E-state index in [0.717, 1.165) is 0 Å². The van der Waals surface area contributed by atoms with E-state index in [-0.39, 0.29) is 12.2 Å². The van der Waals surface area contributed by atoms with Gasteiger partial charge in [-0.15, -0.1) is 0 Å². The minimum absolute atomic E-state index is 0.185. The van der Waals surface area contributed by atoms with Gasteiger partial charge in [-0.05, 0) is 34.6 Å². The van der Waals surface area contributed by atoms with Crippen LogP contribution in [0, 0.1) is 0 Å². The largest absolute Gasteiger partial charge is 0.388 e. The average Bonchev–Trinajstić information content (AvgIpc) is 1.55. The summed E-state index contributed by atoms with van der Waals surface area (Å²) in [6.45, 7) is 9.18. The van der Waals surface area contributed by atoms with Crippen molar-refractivity contribution in [2.45, 2.75) is 45.8 Å². The van der Waals surface area contributed by atoms with Crippen molar-refractivity contribution < 1.29 is 14.9 Å². The smallest absolute Gasteiger partial charge is 0.110 e. The van der Waals surface area contributed by atoms with E-state index in [2.05, 4.69) is 0 Å². The molecule has 0 aliphatic carbocycles. The molecular formula is C8H18O3. The summed E-state index contributed by atoms with van der Waals surface area (Å²) in [5.41, 5.74) is -1.14. The molecule has 0 saturated heterocycles. The quantitative estimate of drug-likeness (QED) is 0.505. The van der Waals surface area contributed by atoms with Crippen molar-refractivity contribution in [2.24, 2.45) is 0 Å². The predicted octanol–water partition coefficient (Wildman–Crippen LogP) is 1.50. The summed E-state index contributed by atoms with van der Waals surface area (Å²) in [5, 5.41) is 9.21. The Hall–Kier alpha value is -0.120. The Balaban J connectivity index is 3.44. The van der Waals surface area contributed by atoms with Gasteiger partial charge in [-0.3, -0.25) is 0 Å². The summed E-state index contributed by atoms with van der Waals surface area (Å²) in [4.78, 5) is 9.76. The Morgan fingerprint density at radius 1 is 1.09 bits per heavy atom. The molecule has 0 radical (unpaired) electrons. The molecule has 0 aliphatic heterocycles. The van der Waals surface area contributed by atoms with Crippen LogP contribution >= 0.6 is 0 Å². The third-order valence-corrected chi connectivity index (χ3v) is 0.721. The van der Waals surface area contributed by atoms with Gasteiger partial charge in [0.05, 0.1) is 11.2 Å². The maximum absolute atomic E-state index is 9.21. The van der Waals surface area contributed by atoms with Gasteiger partial charge in [-0.2, -0.15) is 0 Å². The molecule has 0 spiro atoms. The SMILES string of the molecule is CC(C)(O)COOC(C)(C)C. The van der Waals surface area contributed by atoms with E-state index in [1.807, 2.05) is 20.8 Å². The molecule has 0 bridgehead atoms. The Labute approximate surface area is 68.2 Å². The fraction of sp³-hybridized carbons (Fsp3) is 1.00. The highest BCUT2D eigenvalue weighted by Crippen LogP contribution is 2.09. The number of aliphatic hydroxyl groups is 1. The maximum Gasteiger partial charge on any atom is 0.110 e. The van der Waals surface area contributed by atoms with Gasteiger partial charge >= 0.3 is 0 Å². The first-order valence-corrected chi connectivity index (χ1v) is 3.74. The van der Waals surface area contributed by atoms with Gasteiger partial charge in [0.2, 0.25) is 0 Å². The molecule has 0 aromatic carbocycles. The lowest BCUT2D eigenvalue weighted by Gasteiger charge is -2.21. The van der Waals surface area contributed by atoms with Crippen molar-refractivity contribution in [1.82, 2.24) is 0 Å². The van der Waals surface area contributed by atoms with Crippen LogP contribution in [-0.4, -0.2) is 22.9 Å². The fourth-order valence-corrected chi connectivity index (χ4v) is 0.350. The summed E-state index contributed by atoms with van der Waals surface area (Å²) < 4.78 is 0. The minimum Gasteiger partial charge on any atom is -0.388 e. The van der Waals surface area contributed by atoms with Crippen molar-refractivity contribution in [3.63, 3.8) is 0 Å². The minimum atomic E-state index is -0.828. The van der Waals surface area contributed by atoms with Gasteiger partial charge in [0, 0.05) is 0 Å². The Kier molecular flexibility index (Phi) is 3.48. The highest BCUT2D eigenvalue weighted by Gasteiger charge is 2.17. The monoisotopic (exact) mass is 162 g/mol. The van der Waals surface area contributed by atoms with Crippen molar-refractivity contribution in [3.8, 4) is 0 Å². The van der Waals surface area contributed by atoms with Crippen LogP contribution in [-0.2, 0) is 9.78 Å². The summed E-state index contributed by atoms with van der Waals surface area (Å²) in [7, 11) is 0. The number of rotatable bonds is 3. The lowest BCUT2D eigenvalue weighted by Crippen LogP contribution is -2.29.